The van der Waals surface area contributed by atoms with Crippen LogP contribution in [0.5, 0.6) is 0 Å². The molecule has 1 unspecified atom stereocenters. The van der Waals surface area contributed by atoms with E-state index in [0.717, 1.165) is 12.5 Å². The molecule has 0 aromatic heterocycles. The molecule has 0 aromatic carbocycles. The number of hydrogen-bond acceptors (Lipinski definition) is 2. The summed E-state index contributed by atoms with van der Waals surface area (Å²) < 4.78 is 0. The first-order chi connectivity index (χ1) is 5.86. The molecule has 12 heavy (non-hydrogen) atoms. The molecular weight excluding hydrogens is 148 g/mol. The lowest BCUT2D eigenvalue weighted by atomic mass is 10.00. The zero-order valence-corrected chi connectivity index (χ0v) is 8.26. The van der Waals surface area contributed by atoms with Crippen molar-refractivity contribution in [1.29, 1.82) is 0 Å². The molecule has 72 valence electrons. The van der Waals surface area contributed by atoms with Gasteiger partial charge in [0.1, 0.15) is 0 Å². The molecule has 2 nitrogen and oxygen atoms in total. The van der Waals surface area contributed by atoms with E-state index in [4.69, 9.17) is 5.73 Å². The van der Waals surface area contributed by atoms with Crippen molar-refractivity contribution in [3.8, 4) is 0 Å². The minimum Gasteiger partial charge on any atom is -0.330 e. The molecule has 1 rings (SSSR count). The summed E-state index contributed by atoms with van der Waals surface area (Å²) >= 11 is 0. The topological polar surface area (TPSA) is 29.3 Å². The highest BCUT2D eigenvalue weighted by Crippen LogP contribution is 2.18. The van der Waals surface area contributed by atoms with E-state index in [-0.39, 0.29) is 0 Å². The van der Waals surface area contributed by atoms with Gasteiger partial charge in [0, 0.05) is 6.54 Å². The van der Waals surface area contributed by atoms with Crippen molar-refractivity contribution < 1.29 is 0 Å². The molecule has 0 bridgehead atoms. The van der Waals surface area contributed by atoms with Gasteiger partial charge in [0.15, 0.2) is 0 Å². The molecular formula is C10H22N2. The van der Waals surface area contributed by atoms with E-state index < -0.39 is 0 Å². The van der Waals surface area contributed by atoms with Gasteiger partial charge in [-0.2, -0.15) is 0 Å². The fourth-order valence-corrected chi connectivity index (χ4v) is 2.07. The van der Waals surface area contributed by atoms with Crippen LogP contribution in [0.4, 0.5) is 0 Å². The highest BCUT2D eigenvalue weighted by Gasteiger charge is 2.15. The summed E-state index contributed by atoms with van der Waals surface area (Å²) in [6, 6.07) is 0. The molecule has 2 heteroatoms. The highest BCUT2D eigenvalue weighted by atomic mass is 15.1. The maximum atomic E-state index is 5.58. The number of likely N-dealkylation sites (tertiary alicyclic amines) is 1. The Morgan fingerprint density at radius 3 is 2.92 bits per heavy atom. The van der Waals surface area contributed by atoms with E-state index >= 15 is 0 Å². The summed E-state index contributed by atoms with van der Waals surface area (Å²) in [6.07, 6.45) is 5.40. The van der Waals surface area contributed by atoms with E-state index in [9.17, 15) is 0 Å². The molecule has 1 fully saturated rings. The fourth-order valence-electron chi connectivity index (χ4n) is 2.07. The smallest absolute Gasteiger partial charge is 0.00100 e. The largest absolute Gasteiger partial charge is 0.330 e. The molecule has 0 aromatic rings. The molecule has 0 saturated carbocycles. The SMILES string of the molecule is CCN1CCCCC(CCN)C1. The van der Waals surface area contributed by atoms with Crippen LogP contribution in [0.15, 0.2) is 0 Å². The normalized spacial score (nSPS) is 27.0. The highest BCUT2D eigenvalue weighted by molar-refractivity contribution is 4.70. The number of nitrogens with zero attached hydrogens (tertiary/aromatic N) is 1. The van der Waals surface area contributed by atoms with E-state index in [2.05, 4.69) is 11.8 Å². The quantitative estimate of drug-likeness (QED) is 0.695. The third-order valence-electron chi connectivity index (χ3n) is 2.88. The summed E-state index contributed by atoms with van der Waals surface area (Å²) in [5, 5.41) is 0. The van der Waals surface area contributed by atoms with Crippen LogP contribution < -0.4 is 5.73 Å². The summed E-state index contributed by atoms with van der Waals surface area (Å²) in [4.78, 5) is 2.56. The van der Waals surface area contributed by atoms with Gasteiger partial charge < -0.3 is 10.6 Å². The Bertz CT molecular complexity index is 114. The standard InChI is InChI=1S/C10H22N2/c1-2-12-8-4-3-5-10(9-12)6-7-11/h10H,2-9,11H2,1H3. The van der Waals surface area contributed by atoms with Gasteiger partial charge in [-0.1, -0.05) is 13.3 Å². The molecule has 1 heterocycles. The van der Waals surface area contributed by atoms with E-state index in [0.29, 0.717) is 0 Å². The molecule has 2 N–H and O–H groups in total. The van der Waals surface area contributed by atoms with Crippen molar-refractivity contribution in [2.45, 2.75) is 32.6 Å². The summed E-state index contributed by atoms with van der Waals surface area (Å²) in [5.41, 5.74) is 5.58. The summed E-state index contributed by atoms with van der Waals surface area (Å²) in [7, 11) is 0. The van der Waals surface area contributed by atoms with Crippen LogP contribution in [-0.4, -0.2) is 31.1 Å². The zero-order chi connectivity index (χ0) is 8.81. The minimum atomic E-state index is 0.863. The van der Waals surface area contributed by atoms with Crippen molar-refractivity contribution >= 4 is 0 Å². The minimum absolute atomic E-state index is 0.863. The first kappa shape index (κ1) is 10.0. The van der Waals surface area contributed by atoms with E-state index in [1.807, 2.05) is 0 Å². The summed E-state index contributed by atoms with van der Waals surface area (Å²) in [5.74, 6) is 0.873. The van der Waals surface area contributed by atoms with Gasteiger partial charge in [-0.05, 0) is 44.8 Å². The number of rotatable bonds is 3. The van der Waals surface area contributed by atoms with Crippen LogP contribution in [0.1, 0.15) is 32.6 Å². The maximum absolute atomic E-state index is 5.58. The van der Waals surface area contributed by atoms with Crippen molar-refractivity contribution in [2.24, 2.45) is 11.7 Å². The summed E-state index contributed by atoms with van der Waals surface area (Å²) in [6.45, 7) is 6.92. The Morgan fingerprint density at radius 2 is 2.25 bits per heavy atom. The van der Waals surface area contributed by atoms with E-state index in [1.165, 1.54) is 45.3 Å². The van der Waals surface area contributed by atoms with Crippen molar-refractivity contribution in [2.75, 3.05) is 26.2 Å². The molecule has 1 atom stereocenters. The molecule has 1 saturated heterocycles. The second-order valence-corrected chi connectivity index (χ2v) is 3.83. The van der Waals surface area contributed by atoms with Crippen LogP contribution in [0.2, 0.25) is 0 Å². The van der Waals surface area contributed by atoms with E-state index in [1.54, 1.807) is 0 Å². The van der Waals surface area contributed by atoms with Gasteiger partial charge in [-0.15, -0.1) is 0 Å². The lowest BCUT2D eigenvalue weighted by Gasteiger charge is -2.21. The first-order valence-corrected chi connectivity index (χ1v) is 5.29. The maximum Gasteiger partial charge on any atom is 0.00100 e. The zero-order valence-electron chi connectivity index (χ0n) is 8.26. The Labute approximate surface area is 76.1 Å². The Morgan fingerprint density at radius 1 is 1.42 bits per heavy atom. The fraction of sp³-hybridized carbons (Fsp3) is 1.00. The number of hydrogen-bond donors (Lipinski definition) is 1. The first-order valence-electron chi connectivity index (χ1n) is 5.29. The lowest BCUT2D eigenvalue weighted by Crippen LogP contribution is -2.29. The van der Waals surface area contributed by atoms with Gasteiger partial charge in [0.2, 0.25) is 0 Å². The molecule has 0 radical (unpaired) electrons. The van der Waals surface area contributed by atoms with Gasteiger partial charge in [-0.25, -0.2) is 0 Å². The van der Waals surface area contributed by atoms with Gasteiger partial charge in [0.25, 0.3) is 0 Å². The van der Waals surface area contributed by atoms with Gasteiger partial charge in [0.05, 0.1) is 0 Å². The van der Waals surface area contributed by atoms with Crippen LogP contribution in [0.3, 0.4) is 0 Å². The lowest BCUT2D eigenvalue weighted by molar-refractivity contribution is 0.255. The average Bonchev–Trinajstić information content (AvgIpc) is 2.30. The third-order valence-corrected chi connectivity index (χ3v) is 2.88. The van der Waals surface area contributed by atoms with Gasteiger partial charge in [-0.3, -0.25) is 0 Å². The second-order valence-electron chi connectivity index (χ2n) is 3.83. The predicted octanol–water partition coefficient (Wildman–Crippen LogP) is 1.46. The van der Waals surface area contributed by atoms with Crippen LogP contribution in [0.25, 0.3) is 0 Å². The Balaban J connectivity index is 2.31. The monoisotopic (exact) mass is 170 g/mol. The molecule has 1 aliphatic heterocycles. The average molecular weight is 170 g/mol. The number of nitrogens with two attached hydrogens (primary N) is 1. The van der Waals surface area contributed by atoms with Crippen LogP contribution in [0, 0.1) is 5.92 Å². The molecule has 1 aliphatic rings. The third kappa shape index (κ3) is 3.11. The second kappa shape index (κ2) is 5.55. The Kier molecular flexibility index (Phi) is 4.62. The van der Waals surface area contributed by atoms with Crippen molar-refractivity contribution in [3.63, 3.8) is 0 Å². The molecule has 0 amide bonds. The van der Waals surface area contributed by atoms with Crippen LogP contribution >= 0.6 is 0 Å². The van der Waals surface area contributed by atoms with Crippen molar-refractivity contribution in [3.05, 3.63) is 0 Å². The van der Waals surface area contributed by atoms with Crippen molar-refractivity contribution in [1.82, 2.24) is 4.90 Å². The van der Waals surface area contributed by atoms with Crippen LogP contribution in [-0.2, 0) is 0 Å². The predicted molar refractivity (Wildman–Crippen MR) is 53.1 cm³/mol. The Hall–Kier alpha value is -0.0800. The van der Waals surface area contributed by atoms with Gasteiger partial charge >= 0.3 is 0 Å². The molecule has 0 aliphatic carbocycles. The molecule has 0 spiro atoms.